The van der Waals surface area contributed by atoms with E-state index in [9.17, 15) is 4.79 Å². The lowest BCUT2D eigenvalue weighted by molar-refractivity contribution is -0.121. The van der Waals surface area contributed by atoms with Gasteiger partial charge in [0, 0.05) is 29.2 Å². The van der Waals surface area contributed by atoms with Crippen molar-refractivity contribution >= 4 is 27.5 Å². The quantitative estimate of drug-likeness (QED) is 0.771. The molecule has 1 aromatic carbocycles. The lowest BCUT2D eigenvalue weighted by atomic mass is 10.1. The zero-order valence-electron chi connectivity index (χ0n) is 12.8. The molecule has 3 nitrogen and oxygen atoms in total. The summed E-state index contributed by atoms with van der Waals surface area (Å²) in [6.45, 7) is 2.73. The van der Waals surface area contributed by atoms with Gasteiger partial charge in [-0.3, -0.25) is 4.79 Å². The van der Waals surface area contributed by atoms with Gasteiger partial charge in [-0.2, -0.15) is 0 Å². The Bertz CT molecular complexity index is 468. The number of carbonyl (C=O) groups excluding carboxylic acids is 1. The van der Waals surface area contributed by atoms with E-state index in [1.54, 1.807) is 0 Å². The number of carbonyl (C=O) groups is 1. The van der Waals surface area contributed by atoms with E-state index >= 15 is 0 Å². The normalized spacial score (nSPS) is 16.3. The molecule has 0 aromatic heterocycles. The number of halogens is 1. The number of amides is 1. The summed E-state index contributed by atoms with van der Waals surface area (Å²) in [6, 6.07) is 6.58. The molecule has 0 spiro atoms. The SMILES string of the molecule is Cc1ccc(NCCC(=O)NC2CCCCCC2)c(Br)c1. The number of hydrogen-bond donors (Lipinski definition) is 2. The number of anilines is 1. The average Bonchev–Trinajstić information content (AvgIpc) is 2.70. The first kappa shape index (κ1) is 16.3. The highest BCUT2D eigenvalue weighted by Crippen LogP contribution is 2.23. The first-order valence-electron chi connectivity index (χ1n) is 7.94. The van der Waals surface area contributed by atoms with Crippen LogP contribution >= 0.6 is 15.9 Å². The van der Waals surface area contributed by atoms with Crippen molar-refractivity contribution in [3.63, 3.8) is 0 Å². The summed E-state index contributed by atoms with van der Waals surface area (Å²) in [5.74, 6) is 0.164. The number of benzene rings is 1. The van der Waals surface area contributed by atoms with Crippen LogP contribution in [0.4, 0.5) is 5.69 Å². The van der Waals surface area contributed by atoms with E-state index in [-0.39, 0.29) is 5.91 Å². The monoisotopic (exact) mass is 352 g/mol. The Morgan fingerprint density at radius 2 is 1.95 bits per heavy atom. The average molecular weight is 353 g/mol. The fourth-order valence-corrected chi connectivity index (χ4v) is 3.43. The van der Waals surface area contributed by atoms with Crippen molar-refractivity contribution in [3.8, 4) is 0 Å². The minimum absolute atomic E-state index is 0.164. The highest BCUT2D eigenvalue weighted by atomic mass is 79.9. The second-order valence-corrected chi connectivity index (χ2v) is 6.77. The maximum Gasteiger partial charge on any atom is 0.221 e. The van der Waals surface area contributed by atoms with Crippen molar-refractivity contribution in [2.45, 2.75) is 57.9 Å². The molecule has 1 aromatic rings. The van der Waals surface area contributed by atoms with Crippen molar-refractivity contribution in [3.05, 3.63) is 28.2 Å². The number of nitrogens with one attached hydrogen (secondary N) is 2. The van der Waals surface area contributed by atoms with E-state index in [4.69, 9.17) is 0 Å². The standard InChI is InChI=1S/C17H25BrN2O/c1-13-8-9-16(15(18)12-13)19-11-10-17(21)20-14-6-4-2-3-5-7-14/h8-9,12,14,19H,2-7,10-11H2,1H3,(H,20,21). The van der Waals surface area contributed by atoms with Crippen LogP contribution in [-0.4, -0.2) is 18.5 Å². The number of aryl methyl sites for hydroxylation is 1. The smallest absolute Gasteiger partial charge is 0.221 e. The zero-order valence-corrected chi connectivity index (χ0v) is 14.3. The summed E-state index contributed by atoms with van der Waals surface area (Å²) in [4.78, 5) is 12.0. The molecule has 1 fully saturated rings. The number of hydrogen-bond acceptors (Lipinski definition) is 2. The van der Waals surface area contributed by atoms with Crippen LogP contribution < -0.4 is 10.6 Å². The molecule has 2 rings (SSSR count). The largest absolute Gasteiger partial charge is 0.384 e. The second-order valence-electron chi connectivity index (χ2n) is 5.92. The Morgan fingerprint density at radius 3 is 2.62 bits per heavy atom. The van der Waals surface area contributed by atoms with Gasteiger partial charge in [0.25, 0.3) is 0 Å². The van der Waals surface area contributed by atoms with Crippen molar-refractivity contribution < 1.29 is 4.79 Å². The number of rotatable bonds is 5. The maximum atomic E-state index is 12.0. The molecular weight excluding hydrogens is 328 g/mol. The van der Waals surface area contributed by atoms with Crippen molar-refractivity contribution in [1.82, 2.24) is 5.32 Å². The summed E-state index contributed by atoms with van der Waals surface area (Å²) in [7, 11) is 0. The summed E-state index contributed by atoms with van der Waals surface area (Å²) in [6.07, 6.45) is 7.94. The molecule has 0 unspecified atom stereocenters. The molecule has 0 heterocycles. The molecule has 0 bridgehead atoms. The minimum atomic E-state index is 0.164. The summed E-state index contributed by atoms with van der Waals surface area (Å²) >= 11 is 3.54. The lowest BCUT2D eigenvalue weighted by Crippen LogP contribution is -2.35. The molecule has 2 N–H and O–H groups in total. The molecule has 4 heteroatoms. The third-order valence-electron chi connectivity index (χ3n) is 4.01. The molecule has 0 atom stereocenters. The molecular formula is C17H25BrN2O. The van der Waals surface area contributed by atoms with E-state index in [2.05, 4.69) is 45.6 Å². The zero-order chi connectivity index (χ0) is 15.1. The van der Waals surface area contributed by atoms with Gasteiger partial charge >= 0.3 is 0 Å². The van der Waals surface area contributed by atoms with E-state index < -0.39 is 0 Å². The molecule has 116 valence electrons. The summed E-state index contributed by atoms with van der Waals surface area (Å²) < 4.78 is 1.05. The third-order valence-corrected chi connectivity index (χ3v) is 4.67. The van der Waals surface area contributed by atoms with Crippen molar-refractivity contribution in [2.75, 3.05) is 11.9 Å². The molecule has 1 aliphatic carbocycles. The summed E-state index contributed by atoms with van der Waals surface area (Å²) in [5, 5.41) is 6.49. The Kier molecular flexibility index (Phi) is 6.55. The van der Waals surface area contributed by atoms with Gasteiger partial charge in [0.2, 0.25) is 5.91 Å². The van der Waals surface area contributed by atoms with Crippen molar-refractivity contribution in [2.24, 2.45) is 0 Å². The van der Waals surface area contributed by atoms with E-state index in [1.165, 1.54) is 31.2 Å². The van der Waals surface area contributed by atoms with Crippen molar-refractivity contribution in [1.29, 1.82) is 0 Å². The molecule has 0 saturated heterocycles. The molecule has 1 amide bonds. The molecule has 0 radical (unpaired) electrons. The Labute approximate surface area is 136 Å². The first-order valence-corrected chi connectivity index (χ1v) is 8.74. The predicted molar refractivity (Wildman–Crippen MR) is 91.6 cm³/mol. The van der Waals surface area contributed by atoms with Crippen LogP contribution in [0.1, 0.15) is 50.5 Å². The van der Waals surface area contributed by atoms with Gasteiger partial charge < -0.3 is 10.6 Å². The van der Waals surface area contributed by atoms with Gasteiger partial charge in [0.1, 0.15) is 0 Å². The fraction of sp³-hybridized carbons (Fsp3) is 0.588. The van der Waals surface area contributed by atoms with Gasteiger partial charge in [0.15, 0.2) is 0 Å². The molecule has 1 saturated carbocycles. The second kappa shape index (κ2) is 8.42. The Morgan fingerprint density at radius 1 is 1.24 bits per heavy atom. The summed E-state index contributed by atoms with van der Waals surface area (Å²) in [5.41, 5.74) is 2.27. The van der Waals surface area contributed by atoms with Gasteiger partial charge in [-0.25, -0.2) is 0 Å². The van der Waals surface area contributed by atoms with Gasteiger partial charge in [-0.15, -0.1) is 0 Å². The Hall–Kier alpha value is -1.03. The first-order chi connectivity index (χ1) is 10.1. The maximum absolute atomic E-state index is 12.0. The van der Waals surface area contributed by atoms with Gasteiger partial charge in [-0.05, 0) is 53.4 Å². The Balaban J connectivity index is 1.71. The van der Waals surface area contributed by atoms with Crippen LogP contribution in [0.2, 0.25) is 0 Å². The van der Waals surface area contributed by atoms with Crippen LogP contribution in [0, 0.1) is 6.92 Å². The minimum Gasteiger partial charge on any atom is -0.384 e. The predicted octanol–water partition coefficient (Wildman–Crippen LogP) is 4.40. The van der Waals surface area contributed by atoms with Gasteiger partial charge in [-0.1, -0.05) is 31.7 Å². The van der Waals surface area contributed by atoms with Crippen LogP contribution in [0.5, 0.6) is 0 Å². The van der Waals surface area contributed by atoms with E-state index in [0.717, 1.165) is 23.0 Å². The van der Waals surface area contributed by atoms with E-state index in [1.807, 2.05) is 6.07 Å². The third kappa shape index (κ3) is 5.70. The van der Waals surface area contributed by atoms with Crippen LogP contribution in [-0.2, 0) is 4.79 Å². The molecule has 21 heavy (non-hydrogen) atoms. The molecule has 1 aliphatic rings. The molecule has 0 aliphatic heterocycles. The van der Waals surface area contributed by atoms with Crippen LogP contribution in [0.3, 0.4) is 0 Å². The van der Waals surface area contributed by atoms with E-state index in [0.29, 0.717) is 19.0 Å². The highest BCUT2D eigenvalue weighted by molar-refractivity contribution is 9.10. The highest BCUT2D eigenvalue weighted by Gasteiger charge is 2.14. The fourth-order valence-electron chi connectivity index (χ4n) is 2.80. The topological polar surface area (TPSA) is 41.1 Å². The van der Waals surface area contributed by atoms with Crippen LogP contribution in [0.25, 0.3) is 0 Å². The van der Waals surface area contributed by atoms with Gasteiger partial charge in [0.05, 0.1) is 0 Å². The lowest BCUT2D eigenvalue weighted by Gasteiger charge is -2.16. The van der Waals surface area contributed by atoms with Crippen LogP contribution in [0.15, 0.2) is 22.7 Å².